The molecule has 118 valence electrons. The fourth-order valence-corrected chi connectivity index (χ4v) is 2.19. The second-order valence-corrected chi connectivity index (χ2v) is 5.30. The number of hydrogen-bond acceptors (Lipinski definition) is 5. The molecule has 1 N–H and O–H groups in total. The molecule has 22 heavy (non-hydrogen) atoms. The summed E-state index contributed by atoms with van der Waals surface area (Å²) < 4.78 is 9.35. The zero-order chi connectivity index (χ0) is 16.1. The Labute approximate surface area is 128 Å². The smallest absolute Gasteiger partial charge is 0.337 e. The number of methoxy groups -OCH3 is 2. The summed E-state index contributed by atoms with van der Waals surface area (Å²) in [6.07, 6.45) is 2.72. The summed E-state index contributed by atoms with van der Waals surface area (Å²) >= 11 is 0. The molecule has 1 aliphatic carbocycles. The van der Waals surface area contributed by atoms with E-state index in [0.717, 1.165) is 12.8 Å². The average Bonchev–Trinajstić information content (AvgIpc) is 3.36. The molecule has 0 saturated heterocycles. The molecular weight excluding hydrogens is 286 g/mol. The fraction of sp³-hybridized carbons (Fsp3) is 0.438. The van der Waals surface area contributed by atoms with Crippen LogP contribution in [0.2, 0.25) is 0 Å². The molecule has 6 nitrogen and oxygen atoms in total. The molecule has 0 aliphatic heterocycles. The Balaban J connectivity index is 2.08. The van der Waals surface area contributed by atoms with Gasteiger partial charge in [-0.3, -0.25) is 4.79 Å². The van der Waals surface area contributed by atoms with E-state index in [2.05, 4.69) is 10.1 Å². The van der Waals surface area contributed by atoms with Crippen LogP contribution in [0.5, 0.6) is 0 Å². The molecule has 1 aromatic rings. The van der Waals surface area contributed by atoms with E-state index in [-0.39, 0.29) is 5.56 Å². The molecule has 0 bridgehead atoms. The van der Waals surface area contributed by atoms with E-state index in [1.54, 1.807) is 18.2 Å². The quantitative estimate of drug-likeness (QED) is 0.806. The second kappa shape index (κ2) is 7.06. The first-order valence-electron chi connectivity index (χ1n) is 7.12. The van der Waals surface area contributed by atoms with Crippen LogP contribution in [0.15, 0.2) is 24.3 Å². The second-order valence-electron chi connectivity index (χ2n) is 5.30. The number of carbonyl (C=O) groups excluding carboxylic acids is 3. The summed E-state index contributed by atoms with van der Waals surface area (Å²) in [5, 5.41) is 2.67. The third-order valence-corrected chi connectivity index (χ3v) is 3.60. The van der Waals surface area contributed by atoms with E-state index in [0.29, 0.717) is 17.9 Å². The van der Waals surface area contributed by atoms with Gasteiger partial charge in [0.05, 0.1) is 19.8 Å². The lowest BCUT2D eigenvalue weighted by atomic mass is 10.1. The van der Waals surface area contributed by atoms with Crippen LogP contribution in [0.1, 0.15) is 40.0 Å². The highest BCUT2D eigenvalue weighted by Crippen LogP contribution is 2.33. The lowest BCUT2D eigenvalue weighted by Crippen LogP contribution is -2.41. The van der Waals surface area contributed by atoms with Crippen molar-refractivity contribution in [3.8, 4) is 0 Å². The van der Waals surface area contributed by atoms with Gasteiger partial charge >= 0.3 is 11.9 Å². The molecule has 0 unspecified atom stereocenters. The fourth-order valence-electron chi connectivity index (χ4n) is 2.19. The Hall–Kier alpha value is -2.37. The first kappa shape index (κ1) is 16.0. The van der Waals surface area contributed by atoms with Crippen molar-refractivity contribution in [2.45, 2.75) is 25.3 Å². The van der Waals surface area contributed by atoms with Crippen molar-refractivity contribution in [2.24, 2.45) is 5.92 Å². The highest BCUT2D eigenvalue weighted by molar-refractivity contribution is 5.99. The van der Waals surface area contributed by atoms with Crippen molar-refractivity contribution in [3.05, 3.63) is 35.4 Å². The molecule has 0 heterocycles. The standard InChI is InChI=1S/C16H19NO5/c1-21-15(19)12-5-3-4-11(9-12)14(18)17-13(16(20)22-2)8-10-6-7-10/h3-5,9-10,13H,6-8H2,1-2H3,(H,17,18)/t13-/m1/s1. The maximum atomic E-state index is 12.3. The van der Waals surface area contributed by atoms with Crippen molar-refractivity contribution in [1.29, 1.82) is 0 Å². The van der Waals surface area contributed by atoms with Gasteiger partial charge in [0.25, 0.3) is 5.91 Å². The van der Waals surface area contributed by atoms with Crippen molar-refractivity contribution in [3.63, 3.8) is 0 Å². The molecule has 2 rings (SSSR count). The molecule has 0 radical (unpaired) electrons. The van der Waals surface area contributed by atoms with Gasteiger partial charge in [-0.05, 0) is 30.5 Å². The van der Waals surface area contributed by atoms with E-state index < -0.39 is 23.9 Å². The Kier molecular flexibility index (Phi) is 5.14. The van der Waals surface area contributed by atoms with E-state index in [1.807, 2.05) is 0 Å². The predicted octanol–water partition coefficient (Wildman–Crippen LogP) is 1.54. The number of rotatable bonds is 6. The molecule has 1 amide bonds. The molecule has 6 heteroatoms. The van der Waals surface area contributed by atoms with Crippen molar-refractivity contribution in [2.75, 3.05) is 14.2 Å². The van der Waals surface area contributed by atoms with Gasteiger partial charge in [0.2, 0.25) is 0 Å². The number of nitrogens with one attached hydrogen (secondary N) is 1. The Morgan fingerprint density at radius 2 is 1.86 bits per heavy atom. The Morgan fingerprint density at radius 3 is 2.45 bits per heavy atom. The van der Waals surface area contributed by atoms with Crippen LogP contribution < -0.4 is 5.32 Å². The molecular formula is C16H19NO5. The van der Waals surface area contributed by atoms with Crippen LogP contribution in [-0.4, -0.2) is 38.1 Å². The van der Waals surface area contributed by atoms with E-state index >= 15 is 0 Å². The first-order valence-corrected chi connectivity index (χ1v) is 7.12. The lowest BCUT2D eigenvalue weighted by molar-refractivity contribution is -0.143. The van der Waals surface area contributed by atoms with E-state index in [4.69, 9.17) is 4.74 Å². The molecule has 1 fully saturated rings. The Morgan fingerprint density at radius 1 is 1.18 bits per heavy atom. The summed E-state index contributed by atoms with van der Waals surface area (Å²) in [5.74, 6) is -0.922. The average molecular weight is 305 g/mol. The van der Waals surface area contributed by atoms with Gasteiger partial charge in [0.15, 0.2) is 0 Å². The number of hydrogen-bond donors (Lipinski definition) is 1. The zero-order valence-corrected chi connectivity index (χ0v) is 12.6. The molecule has 1 aliphatic rings. The predicted molar refractivity (Wildman–Crippen MR) is 78.4 cm³/mol. The molecule has 0 aromatic heterocycles. The van der Waals surface area contributed by atoms with Gasteiger partial charge in [-0.1, -0.05) is 18.9 Å². The minimum absolute atomic E-state index is 0.284. The number of amides is 1. The van der Waals surface area contributed by atoms with Gasteiger partial charge in [-0.2, -0.15) is 0 Å². The number of esters is 2. The number of benzene rings is 1. The van der Waals surface area contributed by atoms with Crippen molar-refractivity contribution in [1.82, 2.24) is 5.32 Å². The monoisotopic (exact) mass is 305 g/mol. The van der Waals surface area contributed by atoms with E-state index in [1.165, 1.54) is 20.3 Å². The third kappa shape index (κ3) is 4.07. The van der Waals surface area contributed by atoms with Crippen LogP contribution in [0, 0.1) is 5.92 Å². The molecule has 1 aromatic carbocycles. The van der Waals surface area contributed by atoms with Gasteiger partial charge in [0, 0.05) is 5.56 Å². The van der Waals surface area contributed by atoms with Gasteiger partial charge in [0.1, 0.15) is 6.04 Å². The summed E-state index contributed by atoms with van der Waals surface area (Å²) in [6.45, 7) is 0. The third-order valence-electron chi connectivity index (χ3n) is 3.60. The van der Waals surface area contributed by atoms with Crippen LogP contribution in [0.25, 0.3) is 0 Å². The Bertz CT molecular complexity index is 580. The maximum Gasteiger partial charge on any atom is 0.337 e. The van der Waals surface area contributed by atoms with E-state index in [9.17, 15) is 14.4 Å². The van der Waals surface area contributed by atoms with Gasteiger partial charge in [-0.15, -0.1) is 0 Å². The highest BCUT2D eigenvalue weighted by Gasteiger charge is 2.31. The summed E-state index contributed by atoms with van der Waals surface area (Å²) in [6, 6.07) is 5.51. The molecule has 1 saturated carbocycles. The topological polar surface area (TPSA) is 81.7 Å². The van der Waals surface area contributed by atoms with Crippen LogP contribution in [0.3, 0.4) is 0 Å². The SMILES string of the molecule is COC(=O)c1cccc(C(=O)N[C@H](CC2CC2)C(=O)OC)c1. The van der Waals surface area contributed by atoms with Gasteiger partial charge < -0.3 is 14.8 Å². The zero-order valence-electron chi connectivity index (χ0n) is 12.6. The highest BCUT2D eigenvalue weighted by atomic mass is 16.5. The maximum absolute atomic E-state index is 12.3. The molecule has 0 spiro atoms. The largest absolute Gasteiger partial charge is 0.467 e. The first-order chi connectivity index (χ1) is 10.5. The molecule has 1 atom stereocenters. The van der Waals surface area contributed by atoms with Crippen LogP contribution >= 0.6 is 0 Å². The van der Waals surface area contributed by atoms with Crippen molar-refractivity contribution >= 4 is 17.8 Å². The summed E-state index contributed by atoms with van der Waals surface area (Å²) in [5.41, 5.74) is 0.583. The number of ether oxygens (including phenoxy) is 2. The minimum atomic E-state index is -0.660. The summed E-state index contributed by atoms with van der Waals surface area (Å²) in [7, 11) is 2.57. The van der Waals surface area contributed by atoms with Crippen LogP contribution in [-0.2, 0) is 14.3 Å². The number of carbonyl (C=O) groups is 3. The van der Waals surface area contributed by atoms with Crippen molar-refractivity contribution < 1.29 is 23.9 Å². The normalized spacial score (nSPS) is 14.8. The summed E-state index contributed by atoms with van der Waals surface area (Å²) in [4.78, 5) is 35.5. The lowest BCUT2D eigenvalue weighted by Gasteiger charge is -2.16. The minimum Gasteiger partial charge on any atom is -0.467 e. The van der Waals surface area contributed by atoms with Gasteiger partial charge in [-0.25, -0.2) is 9.59 Å². The van der Waals surface area contributed by atoms with Crippen LogP contribution in [0.4, 0.5) is 0 Å².